The number of aliphatic hydroxyl groups is 2. The summed E-state index contributed by atoms with van der Waals surface area (Å²) in [6.07, 6.45) is 28.8. The average Bonchev–Trinajstić information content (AvgIpc) is 2.84. The fourth-order valence-corrected chi connectivity index (χ4v) is 4.43. The van der Waals surface area contributed by atoms with Crippen molar-refractivity contribution in [1.82, 2.24) is 0 Å². The van der Waals surface area contributed by atoms with E-state index in [1.165, 1.54) is 135 Å². The van der Waals surface area contributed by atoms with Crippen LogP contribution in [0.3, 0.4) is 0 Å². The van der Waals surface area contributed by atoms with Crippen molar-refractivity contribution < 1.29 is 146 Å². The summed E-state index contributed by atoms with van der Waals surface area (Å²) in [5, 5.41) is 42.5. The molecule has 0 spiro atoms. The van der Waals surface area contributed by atoms with Crippen molar-refractivity contribution in [3.05, 3.63) is 0 Å². The molecule has 0 saturated carbocycles. The van der Waals surface area contributed by atoms with Crippen LogP contribution >= 0.6 is 0 Å². The van der Waals surface area contributed by atoms with Crippen molar-refractivity contribution in [2.75, 3.05) is 6.61 Å². The number of aliphatic hydroxyl groups excluding tert-OH is 1. The Bertz CT molecular complexity index is 550. The summed E-state index contributed by atoms with van der Waals surface area (Å²) in [5.74, 6) is -5.02. The van der Waals surface area contributed by atoms with Crippen molar-refractivity contribution in [1.29, 1.82) is 0 Å². The van der Waals surface area contributed by atoms with Crippen molar-refractivity contribution in [3.8, 4) is 0 Å². The zero-order chi connectivity index (χ0) is 28.9. The van der Waals surface area contributed by atoms with Gasteiger partial charge >= 0.3 is 121 Å². The van der Waals surface area contributed by atoms with Gasteiger partial charge in [-0.25, -0.2) is 4.79 Å². The number of hydrogen-bond acceptors (Lipinski definition) is 5. The molecule has 0 bridgehead atoms. The van der Waals surface area contributed by atoms with Crippen LogP contribution in [0.4, 0.5) is 0 Å². The summed E-state index contributed by atoms with van der Waals surface area (Å²) in [6.45, 7) is 2.67. The van der Waals surface area contributed by atoms with E-state index in [1.807, 2.05) is 0 Å². The predicted octanol–water partition coefficient (Wildman–Crippen LogP) is 1.57. The first kappa shape index (κ1) is 48.5. The molecule has 0 heterocycles. The minimum absolute atomic E-state index is 0. The number of carbonyl (C=O) groups is 3. The Morgan fingerprint density at radius 2 is 0.725 bits per heavy atom. The molecule has 0 aliphatic heterocycles. The van der Waals surface area contributed by atoms with Crippen LogP contribution in [-0.4, -0.2) is 55.6 Å². The Morgan fingerprint density at radius 3 is 0.900 bits per heavy atom. The molecule has 0 aliphatic rings. The Morgan fingerprint density at radius 1 is 0.500 bits per heavy atom. The van der Waals surface area contributed by atoms with Crippen LogP contribution in [0.25, 0.3) is 0 Å². The zero-order valence-corrected chi connectivity index (χ0v) is 32.4. The molecule has 0 aromatic carbocycles. The van der Waals surface area contributed by atoms with Crippen molar-refractivity contribution in [2.24, 2.45) is 0 Å². The van der Waals surface area contributed by atoms with Gasteiger partial charge in [0.1, 0.15) is 0 Å². The summed E-state index contributed by atoms with van der Waals surface area (Å²) in [5.41, 5.74) is -2.74. The minimum Gasteiger partial charge on any atom is -1.00 e. The summed E-state index contributed by atoms with van der Waals surface area (Å²) in [6, 6.07) is 0. The van der Waals surface area contributed by atoms with E-state index in [1.54, 1.807) is 0 Å². The molecular weight excluding hydrogens is 567 g/mol. The largest absolute Gasteiger partial charge is 1.00 e. The van der Waals surface area contributed by atoms with Crippen LogP contribution in [0.5, 0.6) is 0 Å². The van der Waals surface area contributed by atoms with Gasteiger partial charge in [-0.15, -0.1) is 0 Å². The van der Waals surface area contributed by atoms with E-state index in [2.05, 4.69) is 6.92 Å². The number of carboxylic acid groups (broad SMARTS) is 3. The second-order valence-electron chi connectivity index (χ2n) is 10.6. The van der Waals surface area contributed by atoms with Crippen LogP contribution in [-0.2, 0) is 14.4 Å². The normalized spacial score (nSPS) is 10.6. The minimum atomic E-state index is -2.74. The van der Waals surface area contributed by atoms with Gasteiger partial charge in [-0.1, -0.05) is 142 Å². The fourth-order valence-electron chi connectivity index (χ4n) is 4.43. The number of carboxylic acids is 3. The topological polar surface area (TPSA) is 152 Å². The van der Waals surface area contributed by atoms with Gasteiger partial charge in [-0.05, 0) is 6.42 Å². The molecule has 10 heteroatoms. The molecule has 0 fully saturated rings. The Balaban J connectivity index is -0.000000164. The molecule has 0 aliphatic carbocycles. The number of unbranched alkanes of at least 4 members (excludes halogenated alkanes) is 21. The number of hydrogen-bond donors (Lipinski definition) is 5. The number of rotatable bonds is 27. The van der Waals surface area contributed by atoms with Crippen LogP contribution in [0.1, 0.15) is 164 Å². The monoisotopic (exact) mass is 626 g/mol. The molecule has 0 amide bonds. The van der Waals surface area contributed by atoms with Crippen molar-refractivity contribution >= 4 is 17.9 Å². The van der Waals surface area contributed by atoms with E-state index in [-0.39, 0.29) is 106 Å². The van der Waals surface area contributed by atoms with Gasteiger partial charge < -0.3 is 28.4 Å². The molecule has 5 N–H and O–H groups in total. The third-order valence-electron chi connectivity index (χ3n) is 6.80. The van der Waals surface area contributed by atoms with Crippen molar-refractivity contribution in [3.63, 3.8) is 0 Å². The average molecular weight is 627 g/mol. The van der Waals surface area contributed by atoms with Crippen LogP contribution < -0.4 is 103 Å². The molecule has 0 saturated heterocycles. The molecule has 0 unspecified atom stereocenters. The van der Waals surface area contributed by atoms with E-state index in [0.717, 1.165) is 6.42 Å². The van der Waals surface area contributed by atoms with E-state index < -0.39 is 36.4 Å². The molecule has 0 rings (SSSR count). The third-order valence-corrected chi connectivity index (χ3v) is 6.80. The molecule has 0 atom stereocenters. The van der Waals surface area contributed by atoms with Crippen molar-refractivity contribution in [2.45, 2.75) is 167 Å². The van der Waals surface area contributed by atoms with Gasteiger partial charge in [0.25, 0.3) is 0 Å². The van der Waals surface area contributed by atoms with Gasteiger partial charge in [0.15, 0.2) is 5.60 Å². The van der Waals surface area contributed by atoms with Gasteiger partial charge in [0.05, 0.1) is 12.8 Å². The molecular formula is C30H60K2O8. The fraction of sp³-hybridized carbons (Fsp3) is 0.900. The summed E-state index contributed by atoms with van der Waals surface area (Å²) < 4.78 is 0. The van der Waals surface area contributed by atoms with E-state index >= 15 is 0 Å². The second kappa shape index (κ2) is 36.8. The first-order valence-electron chi connectivity index (χ1n) is 15.2. The maximum absolute atomic E-state index is 10.3. The van der Waals surface area contributed by atoms with Crippen LogP contribution in [0.15, 0.2) is 0 Å². The molecule has 8 nitrogen and oxygen atoms in total. The summed E-state index contributed by atoms with van der Waals surface area (Å²) >= 11 is 0. The Hall–Kier alpha value is 1.60. The summed E-state index contributed by atoms with van der Waals surface area (Å²) in [7, 11) is 0. The van der Waals surface area contributed by atoms with Crippen LogP contribution in [0, 0.1) is 0 Å². The zero-order valence-electron chi connectivity index (χ0n) is 28.1. The first-order valence-corrected chi connectivity index (χ1v) is 15.2. The van der Waals surface area contributed by atoms with Gasteiger partial charge in [-0.2, -0.15) is 0 Å². The Labute approximate surface area is 332 Å². The predicted molar refractivity (Wildman–Crippen MR) is 154 cm³/mol. The van der Waals surface area contributed by atoms with E-state index in [4.69, 9.17) is 25.5 Å². The van der Waals surface area contributed by atoms with E-state index in [0.29, 0.717) is 6.61 Å². The number of aliphatic carboxylic acids is 3. The molecule has 40 heavy (non-hydrogen) atoms. The standard InChI is InChI=1S/C24H50O.C6H8O7.2K.2H/c1-2-3-4-5-6-7-8-9-10-11-12-13-14-15-16-17-18-19-20-21-22-23-24-25;7-3(8)1-6(13,5(11)12)2-4(9)10;;;;/h25H,2-24H2,1H3;13H,1-2H2,(H,7,8)(H,9,10)(H,11,12);;;;/q;;2*+1;2*-1. The van der Waals surface area contributed by atoms with Gasteiger partial charge in [0, 0.05) is 6.61 Å². The van der Waals surface area contributed by atoms with E-state index in [9.17, 15) is 14.4 Å². The Kier molecular flexibility index (Phi) is 44.6. The SMILES string of the molecule is CCCCCCCCCCCCCCCCCCCCCCCCO.O=C(O)CC(O)(CC(=O)O)C(=O)O.[H-].[H-].[K+].[K+]. The molecule has 230 valence electrons. The second-order valence-corrected chi connectivity index (χ2v) is 10.6. The third kappa shape index (κ3) is 37.6. The van der Waals surface area contributed by atoms with Crippen LogP contribution in [0.2, 0.25) is 0 Å². The molecule has 0 aromatic heterocycles. The maximum atomic E-state index is 10.3. The smallest absolute Gasteiger partial charge is 1.00 e. The van der Waals surface area contributed by atoms with Gasteiger partial charge in [0.2, 0.25) is 0 Å². The summed E-state index contributed by atoms with van der Waals surface area (Å²) in [4.78, 5) is 30.5. The maximum Gasteiger partial charge on any atom is 1.00 e. The van der Waals surface area contributed by atoms with Gasteiger partial charge in [-0.3, -0.25) is 9.59 Å². The first-order chi connectivity index (χ1) is 18.2. The quantitative estimate of drug-likeness (QED) is 0.0681. The molecule has 0 radical (unpaired) electrons. The molecule has 0 aromatic rings.